The van der Waals surface area contributed by atoms with Crippen molar-refractivity contribution in [1.29, 1.82) is 0 Å². The molecule has 0 heteroatoms. The van der Waals surface area contributed by atoms with Crippen LogP contribution in [0.15, 0.2) is 0 Å². The van der Waals surface area contributed by atoms with Gasteiger partial charge < -0.3 is 0 Å². The van der Waals surface area contributed by atoms with Crippen LogP contribution in [0.5, 0.6) is 0 Å². The predicted molar refractivity (Wildman–Crippen MR) is 89.2 cm³/mol. The van der Waals surface area contributed by atoms with Gasteiger partial charge in [-0.2, -0.15) is 0 Å². The van der Waals surface area contributed by atoms with Crippen LogP contribution in [0.25, 0.3) is 0 Å². The van der Waals surface area contributed by atoms with Gasteiger partial charge in [0.25, 0.3) is 0 Å². The summed E-state index contributed by atoms with van der Waals surface area (Å²) in [6.07, 6.45) is 6.58. The molecule has 0 nitrogen and oxygen atoms in total. The topological polar surface area (TPSA) is 0 Å². The van der Waals surface area contributed by atoms with E-state index >= 15 is 0 Å². The van der Waals surface area contributed by atoms with Crippen molar-refractivity contribution in [2.24, 2.45) is 22.7 Å². The van der Waals surface area contributed by atoms with Crippen molar-refractivity contribution in [3.8, 4) is 0 Å². The average Bonchev–Trinajstić information content (AvgIpc) is 2.29. The number of rotatable bonds is 8. The van der Waals surface area contributed by atoms with E-state index in [0.29, 0.717) is 10.8 Å². The van der Waals surface area contributed by atoms with Crippen molar-refractivity contribution in [3.05, 3.63) is 5.92 Å². The SMILES string of the molecule is CCCC[C](C)C(CC(C)C)(C(C)CC)C(C)(C)C. The second-order valence-corrected chi connectivity index (χ2v) is 8.01. The Morgan fingerprint density at radius 3 is 1.84 bits per heavy atom. The van der Waals surface area contributed by atoms with Gasteiger partial charge in [-0.25, -0.2) is 0 Å². The normalized spacial score (nSPS) is 17.8. The van der Waals surface area contributed by atoms with Crippen LogP contribution in [0, 0.1) is 28.6 Å². The van der Waals surface area contributed by atoms with E-state index in [9.17, 15) is 0 Å². The van der Waals surface area contributed by atoms with E-state index in [1.165, 1.54) is 32.1 Å². The second-order valence-electron chi connectivity index (χ2n) is 8.01. The van der Waals surface area contributed by atoms with E-state index in [0.717, 1.165) is 11.8 Å². The maximum atomic E-state index is 2.48. The zero-order valence-corrected chi connectivity index (χ0v) is 15.2. The number of hydrogen-bond acceptors (Lipinski definition) is 0. The van der Waals surface area contributed by atoms with Crippen molar-refractivity contribution in [2.75, 3.05) is 0 Å². The van der Waals surface area contributed by atoms with Crippen LogP contribution in [0.2, 0.25) is 0 Å². The molecule has 0 aromatic rings. The third kappa shape index (κ3) is 4.50. The molecule has 0 aromatic heterocycles. The maximum Gasteiger partial charge on any atom is -0.0162 e. The highest BCUT2D eigenvalue weighted by atomic mass is 14.5. The van der Waals surface area contributed by atoms with Gasteiger partial charge in [-0.3, -0.25) is 0 Å². The monoisotopic (exact) mass is 267 g/mol. The molecule has 2 atom stereocenters. The second kappa shape index (κ2) is 7.70. The van der Waals surface area contributed by atoms with Crippen molar-refractivity contribution >= 4 is 0 Å². The molecule has 0 fully saturated rings. The molecular formula is C19H39. The minimum atomic E-state index is 0.352. The Labute approximate surface area is 123 Å². The lowest BCUT2D eigenvalue weighted by Crippen LogP contribution is -2.46. The van der Waals surface area contributed by atoms with Crippen LogP contribution < -0.4 is 0 Å². The fourth-order valence-corrected chi connectivity index (χ4v) is 4.14. The van der Waals surface area contributed by atoms with Gasteiger partial charge in [0.2, 0.25) is 0 Å². The zero-order chi connectivity index (χ0) is 15.3. The highest BCUT2D eigenvalue weighted by molar-refractivity contribution is 5.11. The van der Waals surface area contributed by atoms with E-state index in [2.05, 4.69) is 62.3 Å². The quantitative estimate of drug-likeness (QED) is 0.449. The molecule has 0 bridgehead atoms. The lowest BCUT2D eigenvalue weighted by molar-refractivity contribution is 0.00950. The smallest absolute Gasteiger partial charge is 0.0162 e. The Kier molecular flexibility index (Phi) is 7.70. The van der Waals surface area contributed by atoms with Crippen LogP contribution >= 0.6 is 0 Å². The zero-order valence-electron chi connectivity index (χ0n) is 15.2. The van der Waals surface area contributed by atoms with Gasteiger partial charge in [0.05, 0.1) is 0 Å². The Morgan fingerprint density at radius 1 is 1.00 bits per heavy atom. The molecule has 19 heavy (non-hydrogen) atoms. The summed E-state index contributed by atoms with van der Waals surface area (Å²) < 4.78 is 0. The summed E-state index contributed by atoms with van der Waals surface area (Å²) in [6, 6.07) is 0. The molecule has 0 heterocycles. The summed E-state index contributed by atoms with van der Waals surface area (Å²) in [5, 5.41) is 0. The van der Waals surface area contributed by atoms with Crippen molar-refractivity contribution in [3.63, 3.8) is 0 Å². The van der Waals surface area contributed by atoms with E-state index in [1.807, 2.05) is 0 Å². The molecule has 0 aliphatic heterocycles. The van der Waals surface area contributed by atoms with Gasteiger partial charge in [0.15, 0.2) is 0 Å². The van der Waals surface area contributed by atoms with Crippen LogP contribution in [-0.4, -0.2) is 0 Å². The van der Waals surface area contributed by atoms with Gasteiger partial charge in [-0.15, -0.1) is 0 Å². The molecule has 0 spiro atoms. The first-order valence-electron chi connectivity index (χ1n) is 8.46. The largest absolute Gasteiger partial charge is 0.0654 e. The standard InChI is InChI=1S/C19H39/c1-10-12-13-17(6)19(14-15(3)4,16(5)11-2)18(7,8)9/h15-16H,10-14H2,1-9H3. The minimum absolute atomic E-state index is 0.352. The molecule has 0 saturated carbocycles. The van der Waals surface area contributed by atoms with Crippen molar-refractivity contribution < 1.29 is 0 Å². The van der Waals surface area contributed by atoms with Crippen LogP contribution in [-0.2, 0) is 0 Å². The molecule has 2 unspecified atom stereocenters. The molecule has 0 rings (SSSR count). The number of unbranched alkanes of at least 4 members (excludes halogenated alkanes) is 1. The molecule has 0 N–H and O–H groups in total. The fourth-order valence-electron chi connectivity index (χ4n) is 4.14. The predicted octanol–water partition coefficient (Wildman–Crippen LogP) is 6.90. The van der Waals surface area contributed by atoms with Gasteiger partial charge in [0, 0.05) is 0 Å². The van der Waals surface area contributed by atoms with Crippen molar-refractivity contribution in [1.82, 2.24) is 0 Å². The maximum absolute atomic E-state index is 2.48. The Hall–Kier alpha value is 0. The highest BCUT2D eigenvalue weighted by Crippen LogP contribution is 2.57. The van der Waals surface area contributed by atoms with Gasteiger partial charge in [0.1, 0.15) is 0 Å². The van der Waals surface area contributed by atoms with Crippen LogP contribution in [0.3, 0.4) is 0 Å². The first kappa shape index (κ1) is 19.0. The molecule has 0 saturated heterocycles. The van der Waals surface area contributed by atoms with Crippen molar-refractivity contribution in [2.45, 2.75) is 94.4 Å². The Morgan fingerprint density at radius 2 is 1.53 bits per heavy atom. The van der Waals surface area contributed by atoms with Gasteiger partial charge in [-0.05, 0) is 41.4 Å². The fraction of sp³-hybridized carbons (Fsp3) is 0.947. The minimum Gasteiger partial charge on any atom is -0.0654 e. The third-order valence-corrected chi connectivity index (χ3v) is 5.19. The lowest BCUT2D eigenvalue weighted by Gasteiger charge is -2.54. The molecule has 115 valence electrons. The molecule has 0 aliphatic rings. The summed E-state index contributed by atoms with van der Waals surface area (Å²) >= 11 is 0. The van der Waals surface area contributed by atoms with Crippen LogP contribution in [0.1, 0.15) is 94.4 Å². The van der Waals surface area contributed by atoms with E-state index < -0.39 is 0 Å². The van der Waals surface area contributed by atoms with E-state index in [-0.39, 0.29) is 0 Å². The molecular weight excluding hydrogens is 228 g/mol. The van der Waals surface area contributed by atoms with Crippen LogP contribution in [0.4, 0.5) is 0 Å². The Balaban J connectivity index is 5.48. The first-order chi connectivity index (χ1) is 8.63. The summed E-state index contributed by atoms with van der Waals surface area (Å²) in [5.74, 6) is 3.29. The third-order valence-electron chi connectivity index (χ3n) is 5.19. The summed E-state index contributed by atoms with van der Waals surface area (Å²) in [5.41, 5.74) is 0.746. The van der Waals surface area contributed by atoms with Gasteiger partial charge >= 0.3 is 0 Å². The highest BCUT2D eigenvalue weighted by Gasteiger charge is 2.49. The average molecular weight is 268 g/mol. The van der Waals surface area contributed by atoms with E-state index in [4.69, 9.17) is 0 Å². The summed E-state index contributed by atoms with van der Waals surface area (Å²) in [6.45, 7) is 21.7. The molecule has 1 radical (unpaired) electrons. The van der Waals surface area contributed by atoms with Gasteiger partial charge in [-0.1, -0.05) is 81.6 Å². The molecule has 0 amide bonds. The number of hydrogen-bond donors (Lipinski definition) is 0. The molecule has 0 aromatic carbocycles. The Bertz CT molecular complexity index is 233. The lowest BCUT2D eigenvalue weighted by atomic mass is 9.50. The summed E-state index contributed by atoms with van der Waals surface area (Å²) in [4.78, 5) is 0. The summed E-state index contributed by atoms with van der Waals surface area (Å²) in [7, 11) is 0. The molecule has 0 aliphatic carbocycles. The first-order valence-corrected chi connectivity index (χ1v) is 8.46. The van der Waals surface area contributed by atoms with E-state index in [1.54, 1.807) is 5.92 Å².